The molecule has 0 atom stereocenters. The molecule has 1 aromatic carbocycles. The summed E-state index contributed by atoms with van der Waals surface area (Å²) in [6.07, 6.45) is 0. The number of carbonyl (C=O) groups excluding carboxylic acids is 1. The standard InChI is InChI=1S/C16H17N3O4S/c1-22-8-7-19-15(21)14-13(10-5-3-4-6-11(10)17-14)18-16(19)24-9-12(20)23-2/h3-6,17H,7-9H2,1-2H3. The number of thioether (sulfide) groups is 1. The molecule has 0 aliphatic rings. The molecule has 0 saturated carbocycles. The fourth-order valence-corrected chi connectivity index (χ4v) is 3.30. The maximum absolute atomic E-state index is 12.8. The van der Waals surface area contributed by atoms with Gasteiger partial charge in [0.1, 0.15) is 11.0 Å². The Balaban J connectivity index is 2.16. The van der Waals surface area contributed by atoms with Crippen LogP contribution in [-0.4, -0.2) is 47.1 Å². The zero-order chi connectivity index (χ0) is 17.1. The predicted octanol–water partition coefficient (Wildman–Crippen LogP) is 1.79. The van der Waals surface area contributed by atoms with Crippen LogP contribution in [0.4, 0.5) is 0 Å². The first-order valence-corrected chi connectivity index (χ1v) is 8.34. The molecule has 3 rings (SSSR count). The van der Waals surface area contributed by atoms with Crippen LogP contribution in [0.2, 0.25) is 0 Å². The molecule has 0 spiro atoms. The van der Waals surface area contributed by atoms with E-state index >= 15 is 0 Å². The summed E-state index contributed by atoms with van der Waals surface area (Å²) in [5.41, 5.74) is 1.73. The molecule has 0 aliphatic heterocycles. The topological polar surface area (TPSA) is 86.2 Å². The van der Waals surface area contributed by atoms with E-state index in [4.69, 9.17) is 4.74 Å². The lowest BCUT2D eigenvalue weighted by Gasteiger charge is -2.11. The van der Waals surface area contributed by atoms with Gasteiger partial charge in [-0.1, -0.05) is 30.0 Å². The smallest absolute Gasteiger partial charge is 0.316 e. The van der Waals surface area contributed by atoms with E-state index in [-0.39, 0.29) is 17.3 Å². The van der Waals surface area contributed by atoms with Gasteiger partial charge >= 0.3 is 5.97 Å². The lowest BCUT2D eigenvalue weighted by atomic mass is 10.2. The number of ether oxygens (including phenoxy) is 2. The van der Waals surface area contributed by atoms with Crippen LogP contribution in [0, 0.1) is 0 Å². The van der Waals surface area contributed by atoms with Crippen molar-refractivity contribution in [1.82, 2.24) is 14.5 Å². The van der Waals surface area contributed by atoms with Gasteiger partial charge in [-0.15, -0.1) is 0 Å². The quantitative estimate of drug-likeness (QED) is 0.416. The minimum Gasteiger partial charge on any atom is -0.468 e. The number of hydrogen-bond donors (Lipinski definition) is 1. The Bertz CT molecular complexity index is 948. The van der Waals surface area contributed by atoms with Crippen molar-refractivity contribution < 1.29 is 14.3 Å². The molecule has 0 fully saturated rings. The van der Waals surface area contributed by atoms with Crippen LogP contribution in [-0.2, 0) is 20.8 Å². The van der Waals surface area contributed by atoms with Gasteiger partial charge in [-0.25, -0.2) is 4.98 Å². The molecule has 126 valence electrons. The highest BCUT2D eigenvalue weighted by molar-refractivity contribution is 7.99. The van der Waals surface area contributed by atoms with E-state index < -0.39 is 0 Å². The van der Waals surface area contributed by atoms with Crippen molar-refractivity contribution in [2.24, 2.45) is 0 Å². The first kappa shape index (κ1) is 16.5. The van der Waals surface area contributed by atoms with E-state index in [2.05, 4.69) is 14.7 Å². The highest BCUT2D eigenvalue weighted by atomic mass is 32.2. The number of H-pyrrole nitrogens is 1. The highest BCUT2D eigenvalue weighted by Gasteiger charge is 2.16. The van der Waals surface area contributed by atoms with E-state index in [0.717, 1.165) is 10.9 Å². The van der Waals surface area contributed by atoms with Crippen molar-refractivity contribution in [1.29, 1.82) is 0 Å². The SMILES string of the molecule is COCCn1c(SCC(=O)OC)nc2c([nH]c3ccccc32)c1=O. The second-order valence-electron chi connectivity index (χ2n) is 5.10. The second kappa shape index (κ2) is 7.06. The average Bonchev–Trinajstić information content (AvgIpc) is 2.98. The summed E-state index contributed by atoms with van der Waals surface area (Å²) < 4.78 is 11.3. The van der Waals surface area contributed by atoms with Gasteiger partial charge in [0.05, 0.1) is 26.0 Å². The summed E-state index contributed by atoms with van der Waals surface area (Å²) in [4.78, 5) is 32.0. The fraction of sp³-hybridized carbons (Fsp3) is 0.312. The van der Waals surface area contributed by atoms with Crippen molar-refractivity contribution in [2.75, 3.05) is 26.6 Å². The van der Waals surface area contributed by atoms with Crippen molar-refractivity contribution in [3.05, 3.63) is 34.6 Å². The normalized spacial score (nSPS) is 11.2. The predicted molar refractivity (Wildman–Crippen MR) is 92.5 cm³/mol. The summed E-state index contributed by atoms with van der Waals surface area (Å²) in [7, 11) is 2.90. The van der Waals surface area contributed by atoms with Crippen LogP contribution < -0.4 is 5.56 Å². The van der Waals surface area contributed by atoms with Crippen LogP contribution in [0.25, 0.3) is 21.9 Å². The van der Waals surface area contributed by atoms with E-state index in [1.54, 1.807) is 7.11 Å². The molecule has 7 nitrogen and oxygen atoms in total. The number of benzene rings is 1. The molecule has 0 radical (unpaired) electrons. The molecule has 24 heavy (non-hydrogen) atoms. The second-order valence-corrected chi connectivity index (χ2v) is 6.05. The summed E-state index contributed by atoms with van der Waals surface area (Å²) in [5, 5.41) is 1.35. The van der Waals surface area contributed by atoms with Gasteiger partial charge in [-0.3, -0.25) is 14.2 Å². The van der Waals surface area contributed by atoms with Gasteiger partial charge in [0, 0.05) is 18.0 Å². The van der Waals surface area contributed by atoms with Crippen molar-refractivity contribution in [3.8, 4) is 0 Å². The number of rotatable bonds is 6. The van der Waals surface area contributed by atoms with Crippen LogP contribution in [0.5, 0.6) is 0 Å². The number of nitrogens with one attached hydrogen (secondary N) is 1. The maximum atomic E-state index is 12.8. The summed E-state index contributed by atoms with van der Waals surface area (Å²) in [5.74, 6) is -0.282. The molecule has 0 amide bonds. The van der Waals surface area contributed by atoms with Gasteiger partial charge in [-0.2, -0.15) is 0 Å². The zero-order valence-electron chi connectivity index (χ0n) is 13.4. The lowest BCUT2D eigenvalue weighted by Crippen LogP contribution is -2.25. The van der Waals surface area contributed by atoms with Crippen LogP contribution >= 0.6 is 11.8 Å². The number of aromatic nitrogens is 3. The minimum atomic E-state index is -0.369. The van der Waals surface area contributed by atoms with Gasteiger partial charge in [0.2, 0.25) is 0 Å². The monoisotopic (exact) mass is 347 g/mol. The summed E-state index contributed by atoms with van der Waals surface area (Å²) in [6.45, 7) is 0.732. The van der Waals surface area contributed by atoms with Gasteiger partial charge in [0.25, 0.3) is 5.56 Å². The molecule has 8 heteroatoms. The molecule has 3 aromatic rings. The van der Waals surface area contributed by atoms with Gasteiger partial charge in [-0.05, 0) is 6.07 Å². The van der Waals surface area contributed by atoms with Gasteiger partial charge < -0.3 is 14.5 Å². The lowest BCUT2D eigenvalue weighted by molar-refractivity contribution is -0.137. The highest BCUT2D eigenvalue weighted by Crippen LogP contribution is 2.24. The number of hydrogen-bond acceptors (Lipinski definition) is 6. The molecule has 0 aliphatic carbocycles. The molecular weight excluding hydrogens is 330 g/mol. The van der Waals surface area contributed by atoms with Crippen molar-refractivity contribution in [2.45, 2.75) is 11.7 Å². The van der Waals surface area contributed by atoms with E-state index in [0.29, 0.717) is 29.3 Å². The Morgan fingerprint density at radius 1 is 1.33 bits per heavy atom. The zero-order valence-corrected chi connectivity index (χ0v) is 14.2. The Morgan fingerprint density at radius 3 is 2.88 bits per heavy atom. The van der Waals surface area contributed by atoms with Crippen molar-refractivity contribution in [3.63, 3.8) is 0 Å². The fourth-order valence-electron chi connectivity index (χ4n) is 2.45. The van der Waals surface area contributed by atoms with Crippen LogP contribution in [0.3, 0.4) is 0 Å². The number of esters is 1. The molecule has 2 heterocycles. The Hall–Kier alpha value is -2.32. The van der Waals surface area contributed by atoms with E-state index in [9.17, 15) is 9.59 Å². The number of methoxy groups -OCH3 is 2. The van der Waals surface area contributed by atoms with E-state index in [1.165, 1.54) is 23.4 Å². The largest absolute Gasteiger partial charge is 0.468 e. The summed E-state index contributed by atoms with van der Waals surface area (Å²) >= 11 is 1.18. The molecule has 0 saturated heterocycles. The third-order valence-corrected chi connectivity index (χ3v) is 4.59. The summed E-state index contributed by atoms with van der Waals surface area (Å²) in [6, 6.07) is 7.61. The minimum absolute atomic E-state index is 0.0871. The molecule has 1 N–H and O–H groups in total. The molecular formula is C16H17N3O4S. The first-order chi connectivity index (χ1) is 11.7. The van der Waals surface area contributed by atoms with Crippen molar-refractivity contribution >= 4 is 39.7 Å². The molecule has 0 bridgehead atoms. The number of para-hydroxylation sites is 1. The number of carbonyl (C=O) groups is 1. The third-order valence-electron chi connectivity index (χ3n) is 3.64. The number of fused-ring (bicyclic) bond motifs is 3. The molecule has 0 unspecified atom stereocenters. The third kappa shape index (κ3) is 3.02. The van der Waals surface area contributed by atoms with Crippen LogP contribution in [0.1, 0.15) is 0 Å². The molecule has 2 aromatic heterocycles. The first-order valence-electron chi connectivity index (χ1n) is 7.35. The maximum Gasteiger partial charge on any atom is 0.316 e. The number of nitrogens with zero attached hydrogens (tertiary/aromatic N) is 2. The Kier molecular flexibility index (Phi) is 4.86. The van der Waals surface area contributed by atoms with Gasteiger partial charge in [0.15, 0.2) is 5.16 Å². The van der Waals surface area contributed by atoms with Crippen LogP contribution in [0.15, 0.2) is 34.2 Å². The Morgan fingerprint density at radius 2 is 2.12 bits per heavy atom. The Labute approximate surface area is 142 Å². The number of aromatic amines is 1. The van der Waals surface area contributed by atoms with E-state index in [1.807, 2.05) is 24.3 Å². The average molecular weight is 347 g/mol.